The molecule has 1 saturated carbocycles. The van der Waals surface area contributed by atoms with Gasteiger partial charge in [0.05, 0.1) is 6.61 Å². The fourth-order valence-electron chi connectivity index (χ4n) is 7.95. The molecule has 1 fully saturated rings. The van der Waals surface area contributed by atoms with Crippen LogP contribution in [-0.4, -0.2) is 55.2 Å². The van der Waals surface area contributed by atoms with Crippen LogP contribution in [-0.2, 0) is 14.3 Å². The molecule has 9 heteroatoms. The van der Waals surface area contributed by atoms with Crippen molar-refractivity contribution in [2.45, 2.75) is 62.6 Å². The van der Waals surface area contributed by atoms with E-state index in [-0.39, 0.29) is 31.0 Å². The molecule has 258 valence electrons. The predicted octanol–water partition coefficient (Wildman–Crippen LogP) is 6.84. The summed E-state index contributed by atoms with van der Waals surface area (Å²) in [6.07, 6.45) is 3.11. The maximum atomic E-state index is 13.6. The highest BCUT2D eigenvalue weighted by Crippen LogP contribution is 2.45. The molecule has 0 heterocycles. The van der Waals surface area contributed by atoms with Gasteiger partial charge in [-0.3, -0.25) is 10.1 Å². The van der Waals surface area contributed by atoms with E-state index in [0.717, 1.165) is 76.6 Å². The minimum atomic E-state index is -1.11. The fourth-order valence-corrected chi connectivity index (χ4v) is 7.95. The first-order valence-electron chi connectivity index (χ1n) is 17.6. The highest BCUT2D eigenvalue weighted by Gasteiger charge is 2.32. The first-order valence-corrected chi connectivity index (χ1v) is 17.6. The Morgan fingerprint density at radius 1 is 0.600 bits per heavy atom. The Balaban J connectivity index is 0.968. The van der Waals surface area contributed by atoms with Gasteiger partial charge in [-0.2, -0.15) is 0 Å². The summed E-state index contributed by atoms with van der Waals surface area (Å²) in [5, 5.41) is 18.2. The lowest BCUT2D eigenvalue weighted by atomic mass is 9.84. The van der Waals surface area contributed by atoms with E-state index in [1.54, 1.807) is 0 Å². The summed E-state index contributed by atoms with van der Waals surface area (Å²) in [6.45, 7) is -0.336. The number of hydrogen-bond acceptors (Lipinski definition) is 6. The molecule has 4 aromatic carbocycles. The lowest BCUT2D eigenvalue weighted by molar-refractivity contribution is -0.124. The zero-order valence-corrected chi connectivity index (χ0v) is 28.0. The molecule has 2 atom stereocenters. The molecule has 4 aromatic rings. The van der Waals surface area contributed by atoms with Crippen LogP contribution in [0.1, 0.15) is 72.6 Å². The largest absolute Gasteiger partial charge is 0.449 e. The number of fused-ring (bicyclic) bond motifs is 6. The number of carbonyl (C=O) groups is 3. The van der Waals surface area contributed by atoms with Crippen molar-refractivity contribution in [1.29, 1.82) is 0 Å². The standard InChI is InChI=1S/C41H43N3O6/c45-23-38(44-41(48)50-25-36-33-20-10-6-16-29(33)30-17-7-11-21-34(30)36)43-39(46)37(22-26-12-2-1-3-13-26)42-40(47)49-24-35-31-18-8-4-14-27(31)28-15-5-9-19-32(28)35/h4-11,14-21,26,35-38,45H,1-3,12-13,22-25H2,(H,42,47)(H,43,46)(H,44,48)/t37-,38+/m0/s1. The Morgan fingerprint density at radius 3 is 1.46 bits per heavy atom. The monoisotopic (exact) mass is 673 g/mol. The number of aliphatic hydroxyl groups is 1. The highest BCUT2D eigenvalue weighted by molar-refractivity contribution is 5.86. The average molecular weight is 674 g/mol. The summed E-state index contributed by atoms with van der Waals surface area (Å²) in [5.41, 5.74) is 8.86. The predicted molar refractivity (Wildman–Crippen MR) is 190 cm³/mol. The fraction of sp³-hybridized carbons (Fsp3) is 0.341. The van der Waals surface area contributed by atoms with Gasteiger partial charge in [-0.1, -0.05) is 129 Å². The molecule has 0 spiro atoms. The third kappa shape index (κ3) is 7.09. The minimum absolute atomic E-state index is 0.0968. The van der Waals surface area contributed by atoms with Crippen LogP contribution in [0.2, 0.25) is 0 Å². The second-order valence-corrected chi connectivity index (χ2v) is 13.5. The third-order valence-electron chi connectivity index (χ3n) is 10.4. The number of nitrogens with one attached hydrogen (secondary N) is 3. The van der Waals surface area contributed by atoms with Crippen LogP contribution in [0.4, 0.5) is 9.59 Å². The van der Waals surface area contributed by atoms with E-state index in [1.807, 2.05) is 60.7 Å². The Labute approximate surface area is 292 Å². The molecule has 50 heavy (non-hydrogen) atoms. The molecular formula is C41H43N3O6. The first kappa shape index (κ1) is 33.4. The number of amides is 3. The summed E-state index contributed by atoms with van der Waals surface area (Å²) in [5.74, 6) is -0.492. The van der Waals surface area contributed by atoms with Crippen LogP contribution >= 0.6 is 0 Å². The van der Waals surface area contributed by atoms with Gasteiger partial charge in [-0.15, -0.1) is 0 Å². The summed E-state index contributed by atoms with van der Waals surface area (Å²) in [6, 6.07) is 31.4. The van der Waals surface area contributed by atoms with Gasteiger partial charge in [-0.25, -0.2) is 9.59 Å². The molecular weight excluding hydrogens is 630 g/mol. The van der Waals surface area contributed by atoms with Crippen molar-refractivity contribution in [3.63, 3.8) is 0 Å². The zero-order chi connectivity index (χ0) is 34.5. The number of carbonyl (C=O) groups excluding carboxylic acids is 3. The summed E-state index contributed by atoms with van der Waals surface area (Å²) < 4.78 is 11.4. The number of hydrogen-bond donors (Lipinski definition) is 4. The normalized spacial score (nSPS) is 16.3. The van der Waals surface area contributed by atoms with Gasteiger partial charge in [0.25, 0.3) is 0 Å². The molecule has 0 saturated heterocycles. The highest BCUT2D eigenvalue weighted by atomic mass is 16.6. The maximum Gasteiger partial charge on any atom is 0.408 e. The van der Waals surface area contributed by atoms with Crippen LogP contribution in [0.3, 0.4) is 0 Å². The second kappa shape index (κ2) is 15.2. The van der Waals surface area contributed by atoms with E-state index in [4.69, 9.17) is 9.47 Å². The molecule has 9 nitrogen and oxygen atoms in total. The summed E-state index contributed by atoms with van der Waals surface area (Å²) in [7, 11) is 0. The Bertz CT molecular complexity index is 1760. The molecule has 0 unspecified atom stereocenters. The van der Waals surface area contributed by atoms with E-state index in [1.165, 1.54) is 0 Å². The van der Waals surface area contributed by atoms with Crippen LogP contribution in [0.15, 0.2) is 97.1 Å². The van der Waals surface area contributed by atoms with Crippen LogP contribution in [0, 0.1) is 5.92 Å². The molecule has 0 aromatic heterocycles. The zero-order valence-electron chi connectivity index (χ0n) is 28.0. The average Bonchev–Trinajstić information content (AvgIpc) is 3.65. The molecule has 0 aliphatic heterocycles. The Morgan fingerprint density at radius 2 is 1.02 bits per heavy atom. The van der Waals surface area contributed by atoms with Gasteiger partial charge in [0.1, 0.15) is 25.4 Å². The molecule has 3 amide bonds. The van der Waals surface area contributed by atoms with Crippen LogP contribution < -0.4 is 16.0 Å². The van der Waals surface area contributed by atoms with Crippen LogP contribution in [0.25, 0.3) is 22.3 Å². The quantitative estimate of drug-likeness (QED) is 0.129. The van der Waals surface area contributed by atoms with Gasteiger partial charge >= 0.3 is 12.2 Å². The van der Waals surface area contributed by atoms with Crippen molar-refractivity contribution in [2.75, 3.05) is 19.8 Å². The number of ether oxygens (including phenoxy) is 2. The van der Waals surface area contributed by atoms with Gasteiger partial charge in [0, 0.05) is 11.8 Å². The number of benzene rings is 4. The van der Waals surface area contributed by atoms with E-state index < -0.39 is 36.9 Å². The van der Waals surface area contributed by atoms with Crippen molar-refractivity contribution in [3.05, 3.63) is 119 Å². The smallest absolute Gasteiger partial charge is 0.408 e. The molecule has 7 rings (SSSR count). The van der Waals surface area contributed by atoms with Crippen molar-refractivity contribution in [1.82, 2.24) is 16.0 Å². The summed E-state index contributed by atoms with van der Waals surface area (Å²) >= 11 is 0. The molecule has 0 radical (unpaired) electrons. The van der Waals surface area contributed by atoms with Gasteiger partial charge in [-0.05, 0) is 56.8 Å². The Hall–Kier alpha value is -5.15. The lowest BCUT2D eigenvalue weighted by Gasteiger charge is -2.28. The van der Waals surface area contributed by atoms with Gasteiger partial charge in [0.15, 0.2) is 0 Å². The first-order chi connectivity index (χ1) is 24.5. The van der Waals surface area contributed by atoms with Crippen LogP contribution in [0.5, 0.6) is 0 Å². The summed E-state index contributed by atoms with van der Waals surface area (Å²) in [4.78, 5) is 39.8. The SMILES string of the molecule is O=C(N[C@H](CO)NC(=O)[C@H](CC1CCCCC1)NC(=O)OCC1c2ccccc2-c2ccccc21)OCC1c2ccccc2-c2ccccc21. The van der Waals surface area contributed by atoms with Crippen molar-refractivity contribution in [2.24, 2.45) is 5.92 Å². The van der Waals surface area contributed by atoms with Gasteiger partial charge in [0.2, 0.25) is 5.91 Å². The van der Waals surface area contributed by atoms with E-state index in [2.05, 4.69) is 52.3 Å². The van der Waals surface area contributed by atoms with Gasteiger partial charge < -0.3 is 25.2 Å². The minimum Gasteiger partial charge on any atom is -0.449 e. The second-order valence-electron chi connectivity index (χ2n) is 13.5. The van der Waals surface area contributed by atoms with Crippen molar-refractivity contribution in [3.8, 4) is 22.3 Å². The molecule has 3 aliphatic carbocycles. The van der Waals surface area contributed by atoms with E-state index in [9.17, 15) is 19.5 Å². The molecule has 3 aliphatic rings. The third-order valence-corrected chi connectivity index (χ3v) is 10.4. The lowest BCUT2D eigenvalue weighted by Crippen LogP contribution is -2.56. The maximum absolute atomic E-state index is 13.6. The molecule has 4 N–H and O–H groups in total. The van der Waals surface area contributed by atoms with Crippen molar-refractivity contribution >= 4 is 18.1 Å². The number of alkyl carbamates (subject to hydrolysis) is 2. The Kier molecular flexibility index (Phi) is 10.1. The van der Waals surface area contributed by atoms with E-state index in [0.29, 0.717) is 6.42 Å². The van der Waals surface area contributed by atoms with Crippen molar-refractivity contribution < 1.29 is 29.0 Å². The number of aliphatic hydroxyl groups excluding tert-OH is 1. The topological polar surface area (TPSA) is 126 Å². The molecule has 0 bridgehead atoms. The number of rotatable bonds is 11. The van der Waals surface area contributed by atoms with E-state index >= 15 is 0 Å².